The fourth-order valence-corrected chi connectivity index (χ4v) is 1.73. The van der Waals surface area contributed by atoms with Crippen LogP contribution in [-0.2, 0) is 14.3 Å². The van der Waals surface area contributed by atoms with Crippen LogP contribution in [0.15, 0.2) is 0 Å². The Morgan fingerprint density at radius 3 is 2.21 bits per heavy atom. The summed E-state index contributed by atoms with van der Waals surface area (Å²) in [6.45, 7) is 9.02. The summed E-state index contributed by atoms with van der Waals surface area (Å²) in [4.78, 5) is 23.2. The summed E-state index contributed by atoms with van der Waals surface area (Å²) in [5.41, 5.74) is -2.30. The zero-order valence-corrected chi connectivity index (χ0v) is 12.3. The highest BCUT2D eigenvalue weighted by atomic mass is 16.6. The number of aliphatic carboxylic acids is 1. The minimum Gasteiger partial charge on any atom is -0.481 e. The molecule has 108 valence electrons. The predicted octanol–water partition coefficient (Wildman–Crippen LogP) is 2.75. The third-order valence-corrected chi connectivity index (χ3v) is 3.03. The summed E-state index contributed by atoms with van der Waals surface area (Å²) in [6.07, 6.45) is 0.240. The minimum absolute atomic E-state index is 0.0243. The van der Waals surface area contributed by atoms with Crippen LogP contribution in [0.1, 0.15) is 53.9 Å². The van der Waals surface area contributed by atoms with Gasteiger partial charge < -0.3 is 9.84 Å². The van der Waals surface area contributed by atoms with Gasteiger partial charge in [0.25, 0.3) is 0 Å². The number of carboxylic acid groups (broad SMARTS) is 1. The van der Waals surface area contributed by atoms with E-state index in [4.69, 9.17) is 9.84 Å². The number of esters is 1. The zero-order chi connectivity index (χ0) is 15.3. The first-order valence-electron chi connectivity index (χ1n) is 6.45. The van der Waals surface area contributed by atoms with E-state index >= 15 is 0 Å². The van der Waals surface area contributed by atoms with Gasteiger partial charge in [0.05, 0.1) is 12.5 Å². The van der Waals surface area contributed by atoms with Crippen molar-refractivity contribution in [3.63, 3.8) is 0 Å². The number of nitrogens with zero attached hydrogens (tertiary/aromatic N) is 1. The fourth-order valence-electron chi connectivity index (χ4n) is 1.73. The third-order valence-electron chi connectivity index (χ3n) is 3.03. The molecule has 0 aliphatic heterocycles. The monoisotopic (exact) mass is 269 g/mol. The van der Waals surface area contributed by atoms with Gasteiger partial charge in [-0.05, 0) is 32.6 Å². The fraction of sp³-hybridized carbons (Fsp3) is 0.786. The molecule has 0 amide bonds. The van der Waals surface area contributed by atoms with Crippen LogP contribution in [0.5, 0.6) is 0 Å². The summed E-state index contributed by atoms with van der Waals surface area (Å²) < 4.78 is 5.32. The molecule has 0 rings (SSSR count). The van der Waals surface area contributed by atoms with Gasteiger partial charge in [-0.15, -0.1) is 0 Å². The van der Waals surface area contributed by atoms with Crippen molar-refractivity contribution in [2.75, 3.05) is 0 Å². The highest BCUT2D eigenvalue weighted by Crippen LogP contribution is 2.33. The number of ether oxygens (including phenoxy) is 1. The van der Waals surface area contributed by atoms with Gasteiger partial charge in [0.1, 0.15) is 5.60 Å². The first-order chi connectivity index (χ1) is 8.58. The molecule has 0 saturated heterocycles. The van der Waals surface area contributed by atoms with E-state index in [0.29, 0.717) is 6.42 Å². The number of nitriles is 1. The van der Waals surface area contributed by atoms with Gasteiger partial charge in [0.2, 0.25) is 0 Å². The Morgan fingerprint density at radius 2 is 1.89 bits per heavy atom. The second-order valence-corrected chi connectivity index (χ2v) is 5.87. The van der Waals surface area contributed by atoms with Crippen molar-refractivity contribution in [3.05, 3.63) is 0 Å². The lowest BCUT2D eigenvalue weighted by Gasteiger charge is -2.30. The first-order valence-corrected chi connectivity index (χ1v) is 6.45. The number of carbonyl (C=O) groups is 2. The Morgan fingerprint density at radius 1 is 1.37 bits per heavy atom. The average molecular weight is 269 g/mol. The van der Waals surface area contributed by atoms with Crippen LogP contribution in [0.4, 0.5) is 0 Å². The molecule has 19 heavy (non-hydrogen) atoms. The van der Waals surface area contributed by atoms with Gasteiger partial charge in [-0.3, -0.25) is 9.59 Å². The van der Waals surface area contributed by atoms with E-state index in [0.717, 1.165) is 0 Å². The molecule has 0 spiro atoms. The normalized spacial score (nSPS) is 14.6. The number of hydrogen-bond donors (Lipinski definition) is 1. The van der Waals surface area contributed by atoms with Crippen LogP contribution >= 0.6 is 0 Å². The molecule has 1 unspecified atom stereocenters. The van der Waals surface area contributed by atoms with E-state index in [9.17, 15) is 14.9 Å². The van der Waals surface area contributed by atoms with E-state index < -0.39 is 29.4 Å². The molecule has 1 N–H and O–H groups in total. The van der Waals surface area contributed by atoms with Crippen LogP contribution in [0.2, 0.25) is 0 Å². The summed E-state index contributed by atoms with van der Waals surface area (Å²) in [6, 6.07) is 1.87. The Kier molecular flexibility index (Phi) is 6.01. The largest absolute Gasteiger partial charge is 0.481 e. The molecule has 0 aromatic rings. The Labute approximate surface area is 114 Å². The van der Waals surface area contributed by atoms with Gasteiger partial charge in [0, 0.05) is 0 Å². The zero-order valence-electron chi connectivity index (χ0n) is 12.3. The molecule has 0 aromatic heterocycles. The van der Waals surface area contributed by atoms with E-state index in [1.165, 1.54) is 0 Å². The molecule has 0 aromatic carbocycles. The van der Waals surface area contributed by atoms with Gasteiger partial charge >= 0.3 is 11.9 Å². The van der Waals surface area contributed by atoms with Crippen LogP contribution < -0.4 is 0 Å². The van der Waals surface area contributed by atoms with E-state index in [1.54, 1.807) is 13.8 Å². The molecule has 0 saturated carbocycles. The van der Waals surface area contributed by atoms with Crippen molar-refractivity contribution < 1.29 is 19.4 Å². The molecule has 0 aliphatic carbocycles. The maximum absolute atomic E-state index is 12.2. The molecule has 0 bridgehead atoms. The maximum Gasteiger partial charge on any atom is 0.327 e. The van der Waals surface area contributed by atoms with Crippen LogP contribution in [0.3, 0.4) is 0 Å². The number of carbonyl (C=O) groups excluding carboxylic acids is 1. The van der Waals surface area contributed by atoms with Crippen molar-refractivity contribution in [2.45, 2.75) is 59.5 Å². The molecule has 5 nitrogen and oxygen atoms in total. The lowest BCUT2D eigenvalue weighted by molar-refractivity contribution is -0.170. The second-order valence-electron chi connectivity index (χ2n) is 5.87. The SMILES string of the molecule is CCC(C)(C)OC(=O)C(C#N)(CC(=O)O)CC(C)C. The number of hydrogen-bond acceptors (Lipinski definition) is 4. The van der Waals surface area contributed by atoms with E-state index in [-0.39, 0.29) is 12.3 Å². The van der Waals surface area contributed by atoms with Crippen LogP contribution in [0, 0.1) is 22.7 Å². The number of carboxylic acids is 1. The maximum atomic E-state index is 12.2. The Balaban J connectivity index is 5.28. The van der Waals surface area contributed by atoms with Crippen molar-refractivity contribution >= 4 is 11.9 Å². The van der Waals surface area contributed by atoms with Gasteiger partial charge in [-0.1, -0.05) is 20.8 Å². The lowest BCUT2D eigenvalue weighted by Crippen LogP contribution is -2.40. The van der Waals surface area contributed by atoms with Crippen molar-refractivity contribution in [1.29, 1.82) is 5.26 Å². The molecule has 0 aliphatic rings. The Bertz CT molecular complexity index is 381. The molecule has 0 fully saturated rings. The second kappa shape index (κ2) is 6.55. The highest BCUT2D eigenvalue weighted by Gasteiger charge is 2.45. The first kappa shape index (κ1) is 17.4. The summed E-state index contributed by atoms with van der Waals surface area (Å²) in [7, 11) is 0. The van der Waals surface area contributed by atoms with Gasteiger partial charge in [0.15, 0.2) is 5.41 Å². The number of rotatable bonds is 7. The smallest absolute Gasteiger partial charge is 0.327 e. The van der Waals surface area contributed by atoms with Crippen molar-refractivity contribution in [2.24, 2.45) is 11.3 Å². The van der Waals surface area contributed by atoms with Crippen molar-refractivity contribution in [1.82, 2.24) is 0 Å². The standard InChI is InChI=1S/C14H23NO4/c1-6-13(4,5)19-12(18)14(9-15,7-10(2)3)8-11(16)17/h10H,6-8H2,1-5H3,(H,16,17). The summed E-state index contributed by atoms with van der Waals surface area (Å²) in [5.74, 6) is -1.89. The highest BCUT2D eigenvalue weighted by molar-refractivity contribution is 5.85. The average Bonchev–Trinajstić information content (AvgIpc) is 2.26. The van der Waals surface area contributed by atoms with Crippen LogP contribution in [-0.4, -0.2) is 22.6 Å². The van der Waals surface area contributed by atoms with Crippen LogP contribution in [0.25, 0.3) is 0 Å². The predicted molar refractivity (Wildman–Crippen MR) is 70.2 cm³/mol. The van der Waals surface area contributed by atoms with Gasteiger partial charge in [-0.2, -0.15) is 5.26 Å². The third kappa shape index (κ3) is 5.29. The minimum atomic E-state index is -1.60. The molecule has 0 radical (unpaired) electrons. The summed E-state index contributed by atoms with van der Waals surface area (Å²) >= 11 is 0. The molecule has 0 heterocycles. The lowest BCUT2D eigenvalue weighted by atomic mass is 9.78. The van der Waals surface area contributed by atoms with E-state index in [1.807, 2.05) is 26.8 Å². The van der Waals surface area contributed by atoms with E-state index in [2.05, 4.69) is 0 Å². The molecular formula is C14H23NO4. The Hall–Kier alpha value is -1.57. The quantitative estimate of drug-likeness (QED) is 0.718. The molecular weight excluding hydrogens is 246 g/mol. The topological polar surface area (TPSA) is 87.4 Å². The van der Waals surface area contributed by atoms with Crippen molar-refractivity contribution in [3.8, 4) is 6.07 Å². The summed E-state index contributed by atoms with van der Waals surface area (Å²) in [5, 5.41) is 18.2. The van der Waals surface area contributed by atoms with Gasteiger partial charge in [-0.25, -0.2) is 0 Å². The molecule has 1 atom stereocenters. The molecule has 5 heteroatoms.